The highest BCUT2D eigenvalue weighted by Gasteiger charge is 2.42. The summed E-state index contributed by atoms with van der Waals surface area (Å²) in [5.41, 5.74) is 1.80. The first-order valence-corrected chi connectivity index (χ1v) is 12.9. The topological polar surface area (TPSA) is 111 Å². The Labute approximate surface area is 210 Å². The number of β-amino-alcohol motifs (C(OH)–C–C–N with tert-alkyl or cyclic N) is 1. The Morgan fingerprint density at radius 1 is 1.11 bits per heavy atom. The zero-order valence-electron chi connectivity index (χ0n) is 21.0. The number of amides is 1. The van der Waals surface area contributed by atoms with Crippen molar-refractivity contribution in [1.82, 2.24) is 29.7 Å². The fraction of sp³-hybridized carbons (Fsp3) is 0.538. The Balaban J connectivity index is 1.18. The molecule has 0 unspecified atom stereocenters. The highest BCUT2D eigenvalue weighted by atomic mass is 16.3. The van der Waals surface area contributed by atoms with Crippen LogP contribution in [0.2, 0.25) is 0 Å². The summed E-state index contributed by atoms with van der Waals surface area (Å²) in [5, 5.41) is 17.3. The minimum atomic E-state index is -0.674. The lowest BCUT2D eigenvalue weighted by Gasteiger charge is -2.38. The van der Waals surface area contributed by atoms with Gasteiger partial charge in [0.1, 0.15) is 17.2 Å². The fourth-order valence-electron chi connectivity index (χ4n) is 6.02. The number of carbonyl (C=O) groups is 1. The van der Waals surface area contributed by atoms with Gasteiger partial charge in [-0.15, -0.1) is 0 Å². The number of hydrogen-bond acceptors (Lipinski definition) is 8. The number of piperazine rings is 1. The van der Waals surface area contributed by atoms with E-state index in [0.29, 0.717) is 30.5 Å². The first-order valence-electron chi connectivity index (χ1n) is 12.9. The van der Waals surface area contributed by atoms with E-state index in [4.69, 9.17) is 4.98 Å². The van der Waals surface area contributed by atoms with Gasteiger partial charge in [-0.25, -0.2) is 9.97 Å². The van der Waals surface area contributed by atoms with Gasteiger partial charge in [-0.2, -0.15) is 4.98 Å². The van der Waals surface area contributed by atoms with Crippen LogP contribution >= 0.6 is 0 Å². The van der Waals surface area contributed by atoms with Gasteiger partial charge in [0.05, 0.1) is 23.0 Å². The van der Waals surface area contributed by atoms with E-state index < -0.39 is 5.60 Å². The number of rotatable bonds is 5. The molecule has 1 saturated heterocycles. The van der Waals surface area contributed by atoms with Crippen molar-refractivity contribution in [2.24, 2.45) is 0 Å². The van der Waals surface area contributed by atoms with Crippen LogP contribution in [0, 0.1) is 0 Å². The van der Waals surface area contributed by atoms with Crippen LogP contribution in [0.4, 0.5) is 17.5 Å². The normalized spacial score (nSPS) is 20.1. The van der Waals surface area contributed by atoms with E-state index in [0.717, 1.165) is 68.6 Å². The Morgan fingerprint density at radius 3 is 2.58 bits per heavy atom. The summed E-state index contributed by atoms with van der Waals surface area (Å²) < 4.78 is 2.16. The molecule has 3 aromatic rings. The van der Waals surface area contributed by atoms with E-state index in [9.17, 15) is 9.90 Å². The molecule has 190 valence electrons. The second-order valence-electron chi connectivity index (χ2n) is 11.1. The predicted molar refractivity (Wildman–Crippen MR) is 139 cm³/mol. The smallest absolute Gasteiger partial charge is 0.268 e. The number of pyridine rings is 1. The molecule has 0 bridgehead atoms. The van der Waals surface area contributed by atoms with Gasteiger partial charge >= 0.3 is 0 Å². The van der Waals surface area contributed by atoms with Crippen molar-refractivity contribution in [3.63, 3.8) is 0 Å². The van der Waals surface area contributed by atoms with Gasteiger partial charge in [0.2, 0.25) is 5.95 Å². The molecule has 3 N–H and O–H groups in total. The number of fused-ring (bicyclic) bond motifs is 4. The number of aliphatic hydroxyl groups is 1. The molecule has 10 heteroatoms. The van der Waals surface area contributed by atoms with E-state index in [1.165, 1.54) is 0 Å². The SMILES string of the molecule is CC(C)(O)CN1CCN(c2ccc(Nc3ncc4cc5n(c4n3)C3(CCCC3)CNC5=O)nc2)CC1. The average Bonchev–Trinajstić information content (AvgIpc) is 3.48. The largest absolute Gasteiger partial charge is 0.389 e. The maximum atomic E-state index is 12.6. The zero-order valence-corrected chi connectivity index (χ0v) is 21.0. The van der Waals surface area contributed by atoms with E-state index in [1.54, 1.807) is 6.20 Å². The van der Waals surface area contributed by atoms with E-state index >= 15 is 0 Å². The monoisotopic (exact) mass is 490 g/mol. The number of nitrogens with zero attached hydrogens (tertiary/aromatic N) is 6. The van der Waals surface area contributed by atoms with Crippen LogP contribution in [0.5, 0.6) is 0 Å². The van der Waals surface area contributed by atoms with Gasteiger partial charge in [-0.05, 0) is 44.9 Å². The second kappa shape index (κ2) is 8.70. The van der Waals surface area contributed by atoms with Gasteiger partial charge < -0.3 is 25.2 Å². The molecule has 0 atom stereocenters. The summed E-state index contributed by atoms with van der Waals surface area (Å²) in [6.45, 7) is 8.68. The van der Waals surface area contributed by atoms with Crippen LogP contribution < -0.4 is 15.5 Å². The van der Waals surface area contributed by atoms with Crippen LogP contribution in [0.3, 0.4) is 0 Å². The zero-order chi connectivity index (χ0) is 24.9. The molecular weight excluding hydrogens is 456 g/mol. The molecule has 36 heavy (non-hydrogen) atoms. The highest BCUT2D eigenvalue weighted by molar-refractivity contribution is 5.99. The molecule has 2 aliphatic heterocycles. The van der Waals surface area contributed by atoms with Crippen molar-refractivity contribution < 1.29 is 9.90 Å². The van der Waals surface area contributed by atoms with Crippen LogP contribution in [-0.4, -0.2) is 80.3 Å². The van der Waals surface area contributed by atoms with Crippen molar-refractivity contribution in [1.29, 1.82) is 0 Å². The molecule has 2 fully saturated rings. The quantitative estimate of drug-likeness (QED) is 0.500. The molecule has 0 aromatic carbocycles. The number of aromatic nitrogens is 4. The minimum absolute atomic E-state index is 0.0433. The number of hydrogen-bond donors (Lipinski definition) is 3. The maximum Gasteiger partial charge on any atom is 0.268 e. The van der Waals surface area contributed by atoms with Crippen molar-refractivity contribution in [2.45, 2.75) is 50.7 Å². The molecule has 1 spiro atoms. The third kappa shape index (κ3) is 4.28. The first-order chi connectivity index (χ1) is 17.3. The van der Waals surface area contributed by atoms with Crippen molar-refractivity contribution in [3.8, 4) is 0 Å². The molecular formula is C26H34N8O2. The Kier molecular flexibility index (Phi) is 5.60. The van der Waals surface area contributed by atoms with E-state index in [-0.39, 0.29) is 11.4 Å². The van der Waals surface area contributed by atoms with Crippen LogP contribution in [0.1, 0.15) is 50.0 Å². The van der Waals surface area contributed by atoms with Crippen molar-refractivity contribution in [3.05, 3.63) is 36.3 Å². The third-order valence-corrected chi connectivity index (χ3v) is 7.70. The van der Waals surface area contributed by atoms with Gasteiger partial charge in [0, 0.05) is 50.9 Å². The first kappa shape index (κ1) is 23.2. The number of nitrogens with one attached hydrogen (secondary N) is 2. The van der Waals surface area contributed by atoms with Gasteiger partial charge in [0.15, 0.2) is 0 Å². The van der Waals surface area contributed by atoms with Crippen molar-refractivity contribution >= 4 is 34.4 Å². The summed E-state index contributed by atoms with van der Waals surface area (Å²) in [7, 11) is 0. The third-order valence-electron chi connectivity index (χ3n) is 7.70. The molecule has 1 aliphatic carbocycles. The number of anilines is 3. The molecule has 1 amide bonds. The fourth-order valence-corrected chi connectivity index (χ4v) is 6.02. The maximum absolute atomic E-state index is 12.6. The molecule has 6 rings (SSSR count). The minimum Gasteiger partial charge on any atom is -0.389 e. The molecule has 0 radical (unpaired) electrons. The Bertz CT molecular complexity index is 1270. The van der Waals surface area contributed by atoms with Crippen LogP contribution in [0.25, 0.3) is 11.0 Å². The summed E-state index contributed by atoms with van der Waals surface area (Å²) in [6.07, 6.45) is 8.08. The van der Waals surface area contributed by atoms with Crippen LogP contribution in [0.15, 0.2) is 30.6 Å². The summed E-state index contributed by atoms with van der Waals surface area (Å²) >= 11 is 0. The summed E-state index contributed by atoms with van der Waals surface area (Å²) in [6, 6.07) is 5.92. The predicted octanol–water partition coefficient (Wildman–Crippen LogP) is 2.48. The second-order valence-corrected chi connectivity index (χ2v) is 11.1. The lowest BCUT2D eigenvalue weighted by Crippen LogP contribution is -2.50. The Morgan fingerprint density at radius 2 is 1.89 bits per heavy atom. The van der Waals surface area contributed by atoms with Gasteiger partial charge in [0.25, 0.3) is 5.91 Å². The average molecular weight is 491 g/mol. The van der Waals surface area contributed by atoms with Gasteiger partial charge in [-0.1, -0.05) is 12.8 Å². The summed E-state index contributed by atoms with van der Waals surface area (Å²) in [4.78, 5) is 31.1. The van der Waals surface area contributed by atoms with Gasteiger partial charge in [-0.3, -0.25) is 9.69 Å². The molecule has 3 aromatic heterocycles. The van der Waals surface area contributed by atoms with E-state index in [2.05, 4.69) is 41.0 Å². The summed E-state index contributed by atoms with van der Waals surface area (Å²) in [5.74, 6) is 1.11. The molecule has 3 aliphatic rings. The Hall–Kier alpha value is -3.24. The van der Waals surface area contributed by atoms with E-state index in [1.807, 2.05) is 32.2 Å². The molecule has 10 nitrogen and oxygen atoms in total. The van der Waals surface area contributed by atoms with Crippen molar-refractivity contribution in [2.75, 3.05) is 49.5 Å². The molecule has 5 heterocycles. The number of carbonyl (C=O) groups excluding carboxylic acids is 1. The highest BCUT2D eigenvalue weighted by Crippen LogP contribution is 2.41. The van der Waals surface area contributed by atoms with Crippen LogP contribution in [-0.2, 0) is 5.54 Å². The lowest BCUT2D eigenvalue weighted by molar-refractivity contribution is 0.0345. The molecule has 1 saturated carbocycles. The lowest BCUT2D eigenvalue weighted by atomic mass is 9.94. The standard InChI is InChI=1S/C26H34N8O2/c1-25(2,36)17-32-9-11-33(12-10-32)19-5-6-21(27-15-19)30-24-28-14-18-13-20-23(35)29-16-26(7-3-4-8-26)34(20)22(18)31-24/h5-6,13-15,36H,3-4,7-12,16-17H2,1-2H3,(H,29,35)(H,27,28,30,31).